The van der Waals surface area contributed by atoms with E-state index in [0.29, 0.717) is 0 Å². The lowest BCUT2D eigenvalue weighted by Crippen LogP contribution is -2.21. The van der Waals surface area contributed by atoms with E-state index in [-0.39, 0.29) is 18.4 Å². The number of nitrogens with zero attached hydrogens (tertiary/aromatic N) is 2. The number of aromatic nitrogens is 2. The SMILES string of the molecule is NC(=O)C[C@@H](Nc1ncnc2sccc12)c1ccccc1. The van der Waals surface area contributed by atoms with Crippen LogP contribution in [0.2, 0.25) is 0 Å². The second kappa shape index (κ2) is 5.88. The minimum absolute atomic E-state index is 0.207. The first-order chi connectivity index (χ1) is 10.2. The van der Waals surface area contributed by atoms with Crippen LogP contribution in [0.15, 0.2) is 48.1 Å². The highest BCUT2D eigenvalue weighted by atomic mass is 32.1. The van der Waals surface area contributed by atoms with Crippen LogP contribution in [0.3, 0.4) is 0 Å². The lowest BCUT2D eigenvalue weighted by molar-refractivity contribution is -0.118. The third kappa shape index (κ3) is 3.00. The maximum absolute atomic E-state index is 11.3. The highest BCUT2D eigenvalue weighted by Crippen LogP contribution is 2.28. The van der Waals surface area contributed by atoms with Crippen molar-refractivity contribution in [3.63, 3.8) is 0 Å². The number of fused-ring (bicyclic) bond motifs is 1. The molecule has 3 aromatic rings. The summed E-state index contributed by atoms with van der Waals surface area (Å²) in [7, 11) is 0. The van der Waals surface area contributed by atoms with Gasteiger partial charge in [-0.15, -0.1) is 11.3 Å². The molecule has 3 N–H and O–H groups in total. The predicted molar refractivity (Wildman–Crippen MR) is 84.0 cm³/mol. The van der Waals surface area contributed by atoms with Gasteiger partial charge in [0.05, 0.1) is 17.8 Å². The molecule has 21 heavy (non-hydrogen) atoms. The maximum atomic E-state index is 11.3. The molecule has 6 heteroatoms. The number of carbonyl (C=O) groups is 1. The number of amides is 1. The quantitative estimate of drug-likeness (QED) is 0.759. The van der Waals surface area contributed by atoms with Crippen molar-refractivity contribution in [1.29, 1.82) is 0 Å². The molecule has 0 fully saturated rings. The Balaban J connectivity index is 1.94. The molecule has 0 radical (unpaired) electrons. The Bertz CT molecular complexity index is 756. The van der Waals surface area contributed by atoms with Gasteiger partial charge in [0.25, 0.3) is 0 Å². The fourth-order valence-corrected chi connectivity index (χ4v) is 2.94. The number of benzene rings is 1. The second-order valence-electron chi connectivity index (χ2n) is 4.64. The lowest BCUT2D eigenvalue weighted by Gasteiger charge is -2.18. The zero-order valence-corrected chi connectivity index (χ0v) is 12.0. The molecule has 1 aromatic carbocycles. The first kappa shape index (κ1) is 13.5. The summed E-state index contributed by atoms with van der Waals surface area (Å²) in [5.41, 5.74) is 6.37. The van der Waals surface area contributed by atoms with Crippen LogP contribution in [-0.4, -0.2) is 15.9 Å². The summed E-state index contributed by atoms with van der Waals surface area (Å²) in [6.45, 7) is 0. The molecule has 2 aromatic heterocycles. The predicted octanol–water partition coefficient (Wildman–Crippen LogP) is 2.72. The average Bonchev–Trinajstić information content (AvgIpc) is 2.96. The Kier molecular flexibility index (Phi) is 3.79. The van der Waals surface area contributed by atoms with Gasteiger partial charge in [-0.1, -0.05) is 30.3 Å². The summed E-state index contributed by atoms with van der Waals surface area (Å²) in [5.74, 6) is 0.364. The standard InChI is InChI=1S/C15H14N4OS/c16-13(20)8-12(10-4-2-1-3-5-10)19-14-11-6-7-21-15(11)18-9-17-14/h1-7,9,12H,8H2,(H2,16,20)(H,17,18,19)/t12-/m1/s1. The van der Waals surface area contributed by atoms with Crippen molar-refractivity contribution >= 4 is 33.3 Å². The molecule has 3 rings (SSSR count). The van der Waals surface area contributed by atoms with Crippen molar-refractivity contribution in [3.05, 3.63) is 53.7 Å². The maximum Gasteiger partial charge on any atom is 0.219 e. The van der Waals surface area contributed by atoms with Gasteiger partial charge < -0.3 is 11.1 Å². The number of rotatable bonds is 5. The number of nitrogens with one attached hydrogen (secondary N) is 1. The Hall–Kier alpha value is -2.47. The minimum Gasteiger partial charge on any atom is -0.370 e. The van der Waals surface area contributed by atoms with E-state index in [1.807, 2.05) is 41.8 Å². The summed E-state index contributed by atoms with van der Waals surface area (Å²) >= 11 is 1.56. The Morgan fingerprint density at radius 1 is 1.24 bits per heavy atom. The van der Waals surface area contributed by atoms with E-state index in [0.717, 1.165) is 21.6 Å². The average molecular weight is 298 g/mol. The van der Waals surface area contributed by atoms with Crippen molar-refractivity contribution in [3.8, 4) is 0 Å². The molecule has 1 atom stereocenters. The summed E-state index contributed by atoms with van der Waals surface area (Å²) in [5, 5.41) is 6.23. The molecule has 0 spiro atoms. The third-order valence-corrected chi connectivity index (χ3v) is 4.00. The van der Waals surface area contributed by atoms with Crippen molar-refractivity contribution in [2.75, 3.05) is 5.32 Å². The summed E-state index contributed by atoms with van der Waals surface area (Å²) in [6, 6.07) is 11.5. The zero-order chi connectivity index (χ0) is 14.7. The van der Waals surface area contributed by atoms with Crippen molar-refractivity contribution in [1.82, 2.24) is 9.97 Å². The number of carbonyl (C=O) groups excluding carboxylic acids is 1. The molecule has 0 unspecified atom stereocenters. The minimum atomic E-state index is -0.355. The number of hydrogen-bond acceptors (Lipinski definition) is 5. The normalized spacial score (nSPS) is 12.2. The van der Waals surface area contributed by atoms with Crippen LogP contribution >= 0.6 is 11.3 Å². The van der Waals surface area contributed by atoms with Crippen molar-refractivity contribution < 1.29 is 4.79 Å². The van der Waals surface area contributed by atoms with Gasteiger partial charge in [0.2, 0.25) is 5.91 Å². The van der Waals surface area contributed by atoms with Gasteiger partial charge in [-0.05, 0) is 17.0 Å². The third-order valence-electron chi connectivity index (χ3n) is 3.18. The van der Waals surface area contributed by atoms with Crippen LogP contribution in [0.5, 0.6) is 0 Å². The molecular weight excluding hydrogens is 284 g/mol. The fourth-order valence-electron chi connectivity index (χ4n) is 2.21. The first-order valence-corrected chi connectivity index (χ1v) is 7.40. The monoisotopic (exact) mass is 298 g/mol. The molecule has 0 bridgehead atoms. The summed E-state index contributed by atoms with van der Waals surface area (Å²) in [4.78, 5) is 20.8. The number of hydrogen-bond donors (Lipinski definition) is 2. The van der Waals surface area contributed by atoms with Crippen LogP contribution in [0, 0.1) is 0 Å². The summed E-state index contributed by atoms with van der Waals surface area (Å²) < 4.78 is 0. The Labute approximate surface area is 125 Å². The Morgan fingerprint density at radius 3 is 2.81 bits per heavy atom. The van der Waals surface area contributed by atoms with Crippen LogP contribution in [0.4, 0.5) is 5.82 Å². The largest absolute Gasteiger partial charge is 0.370 e. The smallest absolute Gasteiger partial charge is 0.219 e. The van der Waals surface area contributed by atoms with E-state index in [4.69, 9.17) is 5.73 Å². The molecule has 2 heterocycles. The summed E-state index contributed by atoms with van der Waals surface area (Å²) in [6.07, 6.45) is 1.73. The second-order valence-corrected chi connectivity index (χ2v) is 5.53. The zero-order valence-electron chi connectivity index (χ0n) is 11.2. The molecule has 0 aliphatic rings. The Morgan fingerprint density at radius 2 is 2.05 bits per heavy atom. The number of nitrogens with two attached hydrogens (primary N) is 1. The number of thiophene rings is 1. The molecular formula is C15H14N4OS. The van der Waals surface area contributed by atoms with E-state index < -0.39 is 0 Å². The molecule has 0 aliphatic heterocycles. The van der Waals surface area contributed by atoms with Crippen LogP contribution in [-0.2, 0) is 4.79 Å². The lowest BCUT2D eigenvalue weighted by atomic mass is 10.0. The molecule has 0 saturated carbocycles. The number of anilines is 1. The molecule has 106 valence electrons. The van der Waals surface area contributed by atoms with Gasteiger partial charge in [0.15, 0.2) is 0 Å². The van der Waals surface area contributed by atoms with Crippen LogP contribution in [0.1, 0.15) is 18.0 Å². The molecule has 0 saturated heterocycles. The topological polar surface area (TPSA) is 80.9 Å². The van der Waals surface area contributed by atoms with Crippen LogP contribution in [0.25, 0.3) is 10.2 Å². The van der Waals surface area contributed by atoms with E-state index >= 15 is 0 Å². The molecule has 0 aliphatic carbocycles. The van der Waals surface area contributed by atoms with Gasteiger partial charge in [-0.2, -0.15) is 0 Å². The van der Waals surface area contributed by atoms with Crippen LogP contribution < -0.4 is 11.1 Å². The van der Waals surface area contributed by atoms with Crippen molar-refractivity contribution in [2.24, 2.45) is 5.73 Å². The van der Waals surface area contributed by atoms with E-state index in [2.05, 4.69) is 15.3 Å². The fraction of sp³-hybridized carbons (Fsp3) is 0.133. The molecule has 5 nitrogen and oxygen atoms in total. The van der Waals surface area contributed by atoms with E-state index in [9.17, 15) is 4.79 Å². The molecule has 1 amide bonds. The van der Waals surface area contributed by atoms with Crippen molar-refractivity contribution in [2.45, 2.75) is 12.5 Å². The highest BCUT2D eigenvalue weighted by molar-refractivity contribution is 7.16. The van der Waals surface area contributed by atoms with Gasteiger partial charge in [0.1, 0.15) is 17.0 Å². The van der Waals surface area contributed by atoms with E-state index in [1.54, 1.807) is 11.3 Å². The van der Waals surface area contributed by atoms with Gasteiger partial charge in [-0.3, -0.25) is 4.79 Å². The first-order valence-electron chi connectivity index (χ1n) is 6.52. The number of primary amides is 1. The van der Waals surface area contributed by atoms with Gasteiger partial charge >= 0.3 is 0 Å². The van der Waals surface area contributed by atoms with Gasteiger partial charge in [0, 0.05) is 0 Å². The van der Waals surface area contributed by atoms with Gasteiger partial charge in [-0.25, -0.2) is 9.97 Å². The van der Waals surface area contributed by atoms with E-state index in [1.165, 1.54) is 6.33 Å². The highest BCUT2D eigenvalue weighted by Gasteiger charge is 2.16.